The van der Waals surface area contributed by atoms with Crippen molar-refractivity contribution in [2.45, 2.75) is 19.8 Å². The molecule has 3 aliphatic carbocycles. The van der Waals surface area contributed by atoms with Crippen LogP contribution in [0.3, 0.4) is 0 Å². The van der Waals surface area contributed by atoms with E-state index in [1.54, 1.807) is 31.2 Å². The highest BCUT2D eigenvalue weighted by molar-refractivity contribution is 6.25. The van der Waals surface area contributed by atoms with E-state index in [1.807, 2.05) is 6.08 Å². The van der Waals surface area contributed by atoms with Crippen LogP contribution in [0.4, 0.5) is 5.69 Å². The number of carboxylic acids is 1. The van der Waals surface area contributed by atoms with Crippen molar-refractivity contribution in [3.05, 3.63) is 82.0 Å². The number of hydrogen-bond donors (Lipinski definition) is 3. The monoisotopic (exact) mass is 611 g/mol. The lowest BCUT2D eigenvalue weighted by atomic mass is 9.60. The van der Waals surface area contributed by atoms with Crippen molar-refractivity contribution in [3.63, 3.8) is 0 Å². The smallest absolute Gasteiger partial charge is 0.339 e. The van der Waals surface area contributed by atoms with Crippen molar-refractivity contribution in [1.29, 1.82) is 0 Å². The second-order valence-corrected chi connectivity index (χ2v) is 11.4. The zero-order chi connectivity index (χ0) is 32.3. The maximum absolute atomic E-state index is 14.0. The van der Waals surface area contributed by atoms with E-state index >= 15 is 0 Å². The minimum atomic E-state index is -1.36. The van der Waals surface area contributed by atoms with Crippen LogP contribution in [0.25, 0.3) is 6.08 Å². The first-order valence-electron chi connectivity index (χ1n) is 14.2. The lowest BCUT2D eigenvalue weighted by Crippen LogP contribution is -2.40. The maximum atomic E-state index is 14.0. The second-order valence-electron chi connectivity index (χ2n) is 11.4. The number of ketones is 2. The van der Waals surface area contributed by atoms with Gasteiger partial charge in [-0.3, -0.25) is 19.2 Å². The van der Waals surface area contributed by atoms with Crippen molar-refractivity contribution in [1.82, 2.24) is 0 Å². The summed E-state index contributed by atoms with van der Waals surface area (Å²) in [4.78, 5) is 66.8. The average Bonchev–Trinajstić information content (AvgIpc) is 3.27. The first-order valence-corrected chi connectivity index (χ1v) is 14.2. The Bertz CT molecular complexity index is 1820. The Morgan fingerprint density at radius 1 is 0.978 bits per heavy atom. The van der Waals surface area contributed by atoms with Crippen LogP contribution in [0.15, 0.2) is 70.9 Å². The van der Waals surface area contributed by atoms with Crippen molar-refractivity contribution < 1.29 is 48.8 Å². The van der Waals surface area contributed by atoms with Crippen LogP contribution in [-0.4, -0.2) is 58.9 Å². The molecule has 11 nitrogen and oxygen atoms in total. The Labute approximate surface area is 257 Å². The topological polar surface area (TPSA) is 168 Å². The van der Waals surface area contributed by atoms with E-state index in [2.05, 4.69) is 0 Å². The molecular formula is C34H29NO10. The number of Topliss-reactive ketones (excluding diaryl/α,β-unsaturated/α-hetero) is 1. The van der Waals surface area contributed by atoms with Gasteiger partial charge in [0, 0.05) is 28.7 Å². The molecule has 0 radical (unpaired) electrons. The predicted octanol–water partition coefficient (Wildman–Crippen LogP) is 3.99. The third kappa shape index (κ3) is 4.62. The summed E-state index contributed by atoms with van der Waals surface area (Å²) < 4.78 is 10.5. The molecule has 6 rings (SSSR count). The maximum Gasteiger partial charge on any atom is 0.339 e. The Balaban J connectivity index is 1.42. The Morgan fingerprint density at radius 3 is 2.29 bits per heavy atom. The molecule has 3 N–H and O–H groups in total. The molecule has 0 bridgehead atoms. The summed E-state index contributed by atoms with van der Waals surface area (Å²) in [5.41, 5.74) is 1.93. The van der Waals surface area contributed by atoms with Gasteiger partial charge in [0.25, 0.3) is 0 Å². The lowest BCUT2D eigenvalue weighted by molar-refractivity contribution is -0.123. The van der Waals surface area contributed by atoms with E-state index in [4.69, 9.17) is 9.47 Å². The van der Waals surface area contributed by atoms with E-state index in [1.165, 1.54) is 26.4 Å². The number of imide groups is 1. The fraction of sp³-hybridized carbons (Fsp3) is 0.265. The molecule has 1 saturated heterocycles. The summed E-state index contributed by atoms with van der Waals surface area (Å²) in [6, 6.07) is 6.70. The molecule has 1 fully saturated rings. The number of carboxylic acid groups (broad SMARTS) is 1. The molecule has 45 heavy (non-hydrogen) atoms. The third-order valence-corrected chi connectivity index (χ3v) is 9.06. The number of carbonyl (C=O) groups is 5. The molecule has 11 heteroatoms. The number of allylic oxidation sites excluding steroid dienone is 7. The highest BCUT2D eigenvalue weighted by Crippen LogP contribution is 2.53. The van der Waals surface area contributed by atoms with Gasteiger partial charge in [0.15, 0.2) is 23.1 Å². The summed E-state index contributed by atoms with van der Waals surface area (Å²) in [6.07, 6.45) is 6.98. The first-order chi connectivity index (χ1) is 21.5. The molecule has 4 atom stereocenters. The number of aromatic hydroxyl groups is 2. The molecule has 0 saturated carbocycles. The molecule has 0 aromatic heterocycles. The van der Waals surface area contributed by atoms with Crippen LogP contribution in [0.5, 0.6) is 23.0 Å². The zero-order valence-corrected chi connectivity index (χ0v) is 24.6. The van der Waals surface area contributed by atoms with Gasteiger partial charge in [-0.25, -0.2) is 9.69 Å². The third-order valence-electron chi connectivity index (χ3n) is 9.06. The number of hydrogen-bond acceptors (Lipinski definition) is 9. The molecule has 0 spiro atoms. The minimum absolute atomic E-state index is 0.0496. The van der Waals surface area contributed by atoms with Gasteiger partial charge in [0.1, 0.15) is 11.3 Å². The van der Waals surface area contributed by atoms with E-state index in [9.17, 15) is 39.3 Å². The SMILES string of the molecule is COc1cc(C=CC2C3=CCC4C(=O)N(c5ccc(C(=O)O)c(O)c5)C(=O)C4C3CC3=C2C(=O)C=C(C)C3=O)cc(OC)c1O. The number of fused-ring (bicyclic) bond motifs is 3. The number of phenolic OH excluding ortho intramolecular Hbond substituents is 1. The first kappa shape index (κ1) is 29.6. The number of methoxy groups -OCH3 is 2. The highest BCUT2D eigenvalue weighted by atomic mass is 16.5. The molecule has 1 heterocycles. The fourth-order valence-corrected chi connectivity index (χ4v) is 6.97. The summed E-state index contributed by atoms with van der Waals surface area (Å²) in [6.45, 7) is 1.57. The number of nitrogens with zero attached hydrogens (tertiary/aromatic N) is 1. The van der Waals surface area contributed by atoms with Crippen molar-refractivity contribution in [2.75, 3.05) is 19.1 Å². The van der Waals surface area contributed by atoms with Gasteiger partial charge < -0.3 is 24.8 Å². The van der Waals surface area contributed by atoms with E-state index in [0.29, 0.717) is 22.3 Å². The van der Waals surface area contributed by atoms with Crippen LogP contribution in [0, 0.1) is 23.7 Å². The van der Waals surface area contributed by atoms with E-state index in [0.717, 1.165) is 22.6 Å². The Kier molecular flexibility index (Phi) is 7.19. The van der Waals surface area contributed by atoms with Crippen molar-refractivity contribution in [2.24, 2.45) is 23.7 Å². The number of benzene rings is 2. The summed E-state index contributed by atoms with van der Waals surface area (Å²) in [7, 11) is 2.81. The lowest BCUT2D eigenvalue weighted by Gasteiger charge is -2.41. The molecule has 230 valence electrons. The number of ether oxygens (including phenoxy) is 2. The van der Waals surface area contributed by atoms with Gasteiger partial charge >= 0.3 is 5.97 Å². The molecule has 4 unspecified atom stereocenters. The van der Waals surface area contributed by atoms with Crippen molar-refractivity contribution in [3.8, 4) is 23.0 Å². The molecule has 4 aliphatic rings. The Hall–Kier alpha value is -5.45. The largest absolute Gasteiger partial charge is 0.507 e. The number of rotatable bonds is 6. The predicted molar refractivity (Wildman–Crippen MR) is 160 cm³/mol. The summed E-state index contributed by atoms with van der Waals surface area (Å²) >= 11 is 0. The van der Waals surface area contributed by atoms with Gasteiger partial charge in [-0.05, 0) is 61.6 Å². The van der Waals surface area contributed by atoms with Crippen LogP contribution < -0.4 is 14.4 Å². The summed E-state index contributed by atoms with van der Waals surface area (Å²) in [5.74, 6) is -6.19. The van der Waals surface area contributed by atoms with Gasteiger partial charge in [0.2, 0.25) is 17.6 Å². The molecule has 2 amide bonds. The quantitative estimate of drug-likeness (QED) is 0.247. The Morgan fingerprint density at radius 2 is 1.67 bits per heavy atom. The molecular weight excluding hydrogens is 582 g/mol. The van der Waals surface area contributed by atoms with Gasteiger partial charge in [-0.15, -0.1) is 0 Å². The average molecular weight is 612 g/mol. The number of anilines is 1. The molecule has 2 aromatic rings. The van der Waals surface area contributed by atoms with Crippen LogP contribution >= 0.6 is 0 Å². The number of aromatic carboxylic acids is 1. The van der Waals surface area contributed by atoms with Gasteiger partial charge in [0.05, 0.1) is 31.7 Å². The second kappa shape index (κ2) is 10.9. The normalized spacial score (nSPS) is 24.3. The standard InChI is InChI=1S/C34H29NO10/c1-15-10-25(37)28-19(6-4-16-11-26(44-2)31(39)27(12-16)45-3)18-8-9-21-29(22(18)14-23(28)30(15)38)33(41)35(32(21)40)17-5-7-20(34(42)43)24(36)13-17/h4-8,10-13,19,21-22,29,36,39H,9,14H2,1-3H3,(H,42,43). The van der Waals surface area contributed by atoms with Gasteiger partial charge in [-0.2, -0.15) is 0 Å². The number of carbonyl (C=O) groups excluding carboxylic acids is 4. The fourth-order valence-electron chi connectivity index (χ4n) is 6.97. The van der Waals surface area contributed by atoms with Gasteiger partial charge in [-0.1, -0.05) is 23.8 Å². The van der Waals surface area contributed by atoms with E-state index in [-0.39, 0.29) is 52.9 Å². The highest BCUT2D eigenvalue weighted by Gasteiger charge is 2.56. The van der Waals surface area contributed by atoms with Crippen LogP contribution in [0.1, 0.15) is 35.7 Å². The number of phenols is 2. The molecule has 2 aromatic carbocycles. The summed E-state index contributed by atoms with van der Waals surface area (Å²) in [5, 5.41) is 29.9. The zero-order valence-electron chi connectivity index (χ0n) is 24.6. The van der Waals surface area contributed by atoms with E-state index < -0.39 is 47.2 Å². The number of amides is 2. The van der Waals surface area contributed by atoms with Crippen LogP contribution in [0.2, 0.25) is 0 Å². The van der Waals surface area contributed by atoms with Crippen LogP contribution in [-0.2, 0) is 19.2 Å². The molecule has 1 aliphatic heterocycles. The van der Waals surface area contributed by atoms with Crippen molar-refractivity contribution >= 4 is 41.1 Å². The minimum Gasteiger partial charge on any atom is -0.507 e.